The van der Waals surface area contributed by atoms with Gasteiger partial charge in [0.1, 0.15) is 0 Å². The van der Waals surface area contributed by atoms with E-state index in [0.29, 0.717) is 12.8 Å². The van der Waals surface area contributed by atoms with Crippen molar-refractivity contribution in [2.75, 3.05) is 0 Å². The average molecular weight is 269 g/mol. The fourth-order valence-electron chi connectivity index (χ4n) is 2.57. The fourth-order valence-corrected chi connectivity index (χ4v) is 2.57. The predicted octanol–water partition coefficient (Wildman–Crippen LogP) is 3.45. The van der Waals surface area contributed by atoms with Gasteiger partial charge < -0.3 is 5.11 Å². The van der Waals surface area contributed by atoms with E-state index >= 15 is 0 Å². The van der Waals surface area contributed by atoms with Gasteiger partial charge in [-0.25, -0.2) is 0 Å². The molecule has 1 N–H and O–H groups in total. The SMILES string of the molecule is CCC(CCc1ccncc1)(C(=O)O)c1ccccc1. The van der Waals surface area contributed by atoms with E-state index in [4.69, 9.17) is 0 Å². The highest BCUT2D eigenvalue weighted by Crippen LogP contribution is 2.33. The van der Waals surface area contributed by atoms with Gasteiger partial charge in [-0.05, 0) is 42.5 Å². The molecule has 2 aromatic rings. The maximum atomic E-state index is 11.9. The molecule has 0 amide bonds. The van der Waals surface area contributed by atoms with Crippen molar-refractivity contribution >= 4 is 5.97 Å². The van der Waals surface area contributed by atoms with Crippen LogP contribution in [-0.4, -0.2) is 16.1 Å². The van der Waals surface area contributed by atoms with E-state index in [1.807, 2.05) is 49.4 Å². The normalized spacial score (nSPS) is 13.7. The minimum atomic E-state index is -0.815. The van der Waals surface area contributed by atoms with Crippen LogP contribution in [0, 0.1) is 0 Å². The van der Waals surface area contributed by atoms with Crippen LogP contribution in [0.5, 0.6) is 0 Å². The second kappa shape index (κ2) is 6.33. The highest BCUT2D eigenvalue weighted by molar-refractivity contribution is 5.81. The predicted molar refractivity (Wildman–Crippen MR) is 78.6 cm³/mol. The molecule has 3 heteroatoms. The number of benzene rings is 1. The number of rotatable bonds is 6. The maximum Gasteiger partial charge on any atom is 0.314 e. The molecule has 20 heavy (non-hydrogen) atoms. The minimum absolute atomic E-state index is 0.581. The zero-order valence-corrected chi connectivity index (χ0v) is 11.6. The summed E-state index contributed by atoms with van der Waals surface area (Å²) in [4.78, 5) is 15.8. The Morgan fingerprint density at radius 1 is 1.15 bits per heavy atom. The molecule has 0 spiro atoms. The third-order valence-electron chi connectivity index (χ3n) is 3.93. The summed E-state index contributed by atoms with van der Waals surface area (Å²) in [7, 11) is 0. The van der Waals surface area contributed by atoms with E-state index in [1.165, 1.54) is 0 Å². The largest absolute Gasteiger partial charge is 0.481 e. The van der Waals surface area contributed by atoms with Crippen molar-refractivity contribution in [3.8, 4) is 0 Å². The Balaban J connectivity index is 2.26. The van der Waals surface area contributed by atoms with Gasteiger partial charge in [0, 0.05) is 12.4 Å². The fraction of sp³-hybridized carbons (Fsp3) is 0.294. The number of nitrogens with zero attached hydrogens (tertiary/aromatic N) is 1. The third kappa shape index (κ3) is 2.87. The second-order valence-electron chi connectivity index (χ2n) is 4.96. The maximum absolute atomic E-state index is 11.9. The van der Waals surface area contributed by atoms with Crippen LogP contribution in [0.1, 0.15) is 30.9 Å². The average Bonchev–Trinajstić information content (AvgIpc) is 2.50. The van der Waals surface area contributed by atoms with E-state index in [0.717, 1.165) is 17.5 Å². The van der Waals surface area contributed by atoms with Crippen LogP contribution in [0.25, 0.3) is 0 Å². The monoisotopic (exact) mass is 269 g/mol. The van der Waals surface area contributed by atoms with Gasteiger partial charge in [0.15, 0.2) is 0 Å². The number of carboxylic acid groups (broad SMARTS) is 1. The summed E-state index contributed by atoms with van der Waals surface area (Å²) in [6.45, 7) is 1.94. The van der Waals surface area contributed by atoms with Crippen molar-refractivity contribution in [1.82, 2.24) is 4.98 Å². The van der Waals surface area contributed by atoms with E-state index in [-0.39, 0.29) is 0 Å². The molecule has 0 fully saturated rings. The van der Waals surface area contributed by atoms with Crippen LogP contribution >= 0.6 is 0 Å². The van der Waals surface area contributed by atoms with Crippen LogP contribution in [-0.2, 0) is 16.6 Å². The van der Waals surface area contributed by atoms with Crippen molar-refractivity contribution in [3.63, 3.8) is 0 Å². The lowest BCUT2D eigenvalue weighted by Gasteiger charge is -2.29. The first-order chi connectivity index (χ1) is 9.69. The molecular formula is C17H19NO2. The topological polar surface area (TPSA) is 50.2 Å². The summed E-state index contributed by atoms with van der Waals surface area (Å²) < 4.78 is 0. The first kappa shape index (κ1) is 14.3. The summed E-state index contributed by atoms with van der Waals surface area (Å²) in [6.07, 6.45) is 5.39. The summed E-state index contributed by atoms with van der Waals surface area (Å²) in [6, 6.07) is 13.4. The number of carbonyl (C=O) groups is 1. The van der Waals surface area contributed by atoms with Gasteiger partial charge >= 0.3 is 5.97 Å². The molecule has 0 saturated heterocycles. The lowest BCUT2D eigenvalue weighted by atomic mass is 9.74. The van der Waals surface area contributed by atoms with Gasteiger partial charge in [0.05, 0.1) is 5.41 Å². The van der Waals surface area contributed by atoms with E-state index in [2.05, 4.69) is 4.98 Å². The minimum Gasteiger partial charge on any atom is -0.481 e. The van der Waals surface area contributed by atoms with Crippen LogP contribution < -0.4 is 0 Å². The molecule has 2 rings (SSSR count). The lowest BCUT2D eigenvalue weighted by Crippen LogP contribution is -2.35. The molecule has 0 bridgehead atoms. The zero-order chi connectivity index (χ0) is 14.4. The number of hydrogen-bond acceptors (Lipinski definition) is 2. The van der Waals surface area contributed by atoms with E-state index < -0.39 is 11.4 Å². The Labute approximate surface area is 119 Å². The van der Waals surface area contributed by atoms with Crippen LogP contribution in [0.2, 0.25) is 0 Å². The zero-order valence-electron chi connectivity index (χ0n) is 11.6. The Kier molecular flexibility index (Phi) is 4.51. The molecule has 1 aromatic carbocycles. The van der Waals surface area contributed by atoms with Gasteiger partial charge in [-0.15, -0.1) is 0 Å². The van der Waals surface area contributed by atoms with Gasteiger partial charge in [0.25, 0.3) is 0 Å². The van der Waals surface area contributed by atoms with Crippen molar-refractivity contribution in [1.29, 1.82) is 0 Å². The Bertz CT molecular complexity index is 554. The Hall–Kier alpha value is -2.16. The number of carboxylic acids is 1. The molecule has 1 unspecified atom stereocenters. The third-order valence-corrected chi connectivity index (χ3v) is 3.93. The van der Waals surface area contributed by atoms with Gasteiger partial charge in [-0.1, -0.05) is 37.3 Å². The van der Waals surface area contributed by atoms with Gasteiger partial charge in [-0.2, -0.15) is 0 Å². The van der Waals surface area contributed by atoms with Crippen molar-refractivity contribution in [2.24, 2.45) is 0 Å². The highest BCUT2D eigenvalue weighted by Gasteiger charge is 2.37. The standard InChI is InChI=1S/C17H19NO2/c1-2-17(16(19)20,15-6-4-3-5-7-15)11-8-14-9-12-18-13-10-14/h3-7,9-10,12-13H,2,8,11H2,1H3,(H,19,20). The molecule has 0 aliphatic heterocycles. The first-order valence-electron chi connectivity index (χ1n) is 6.87. The Morgan fingerprint density at radius 3 is 2.35 bits per heavy atom. The molecule has 104 valence electrons. The van der Waals surface area contributed by atoms with Crippen molar-refractivity contribution in [2.45, 2.75) is 31.6 Å². The van der Waals surface area contributed by atoms with E-state index in [1.54, 1.807) is 12.4 Å². The molecule has 0 aliphatic carbocycles. The molecule has 1 heterocycles. The number of pyridine rings is 1. The Morgan fingerprint density at radius 2 is 1.80 bits per heavy atom. The summed E-state index contributed by atoms with van der Waals surface area (Å²) in [5.74, 6) is -0.750. The van der Waals surface area contributed by atoms with Gasteiger partial charge in [-0.3, -0.25) is 9.78 Å². The van der Waals surface area contributed by atoms with E-state index in [9.17, 15) is 9.90 Å². The van der Waals surface area contributed by atoms with Crippen molar-refractivity contribution < 1.29 is 9.90 Å². The van der Waals surface area contributed by atoms with Crippen LogP contribution in [0.4, 0.5) is 0 Å². The molecule has 3 nitrogen and oxygen atoms in total. The molecule has 1 aromatic heterocycles. The van der Waals surface area contributed by atoms with Crippen LogP contribution in [0.3, 0.4) is 0 Å². The smallest absolute Gasteiger partial charge is 0.314 e. The number of aromatic nitrogens is 1. The number of aliphatic carboxylic acids is 1. The molecule has 0 radical (unpaired) electrons. The molecule has 0 aliphatic rings. The number of aryl methyl sites for hydroxylation is 1. The summed E-state index contributed by atoms with van der Waals surface area (Å²) in [5, 5.41) is 9.74. The van der Waals surface area contributed by atoms with Crippen LogP contribution in [0.15, 0.2) is 54.9 Å². The number of hydrogen-bond donors (Lipinski definition) is 1. The van der Waals surface area contributed by atoms with Gasteiger partial charge in [0.2, 0.25) is 0 Å². The lowest BCUT2D eigenvalue weighted by molar-refractivity contribution is -0.144. The first-order valence-corrected chi connectivity index (χ1v) is 6.87. The quantitative estimate of drug-likeness (QED) is 0.873. The summed E-state index contributed by atoms with van der Waals surface area (Å²) in [5.41, 5.74) is 1.18. The molecule has 1 atom stereocenters. The second-order valence-corrected chi connectivity index (χ2v) is 4.96. The summed E-state index contributed by atoms with van der Waals surface area (Å²) >= 11 is 0. The molecular weight excluding hydrogens is 250 g/mol. The molecule has 0 saturated carbocycles. The van der Waals surface area contributed by atoms with Crippen molar-refractivity contribution in [3.05, 3.63) is 66.0 Å². The highest BCUT2D eigenvalue weighted by atomic mass is 16.4.